The first-order chi connectivity index (χ1) is 6.74. The second-order valence-corrected chi connectivity index (χ2v) is 4.06. The van der Waals surface area contributed by atoms with Crippen molar-refractivity contribution < 1.29 is 4.39 Å². The van der Waals surface area contributed by atoms with Crippen LogP contribution in [0.15, 0.2) is 24.3 Å². The molecule has 0 aliphatic heterocycles. The minimum Gasteiger partial charge on any atom is -0.207 e. The maximum Gasteiger partial charge on any atom is 0.133 e. The maximum absolute atomic E-state index is 12.6. The van der Waals surface area contributed by atoms with Crippen LogP contribution in [0.3, 0.4) is 0 Å². The molecule has 1 aromatic rings. The van der Waals surface area contributed by atoms with Gasteiger partial charge in [0.1, 0.15) is 11.2 Å². The van der Waals surface area contributed by atoms with Gasteiger partial charge in [-0.05, 0) is 41.8 Å². The van der Waals surface area contributed by atoms with Gasteiger partial charge in [-0.15, -0.1) is 0 Å². The molecular formula is C11H12FNS. The van der Waals surface area contributed by atoms with Gasteiger partial charge in [-0.1, -0.05) is 19.1 Å². The van der Waals surface area contributed by atoms with Crippen LogP contribution in [0.4, 0.5) is 4.39 Å². The Morgan fingerprint density at radius 1 is 1.43 bits per heavy atom. The molecular weight excluding hydrogens is 197 g/mol. The Kier molecular flexibility index (Phi) is 4.48. The molecule has 1 aromatic carbocycles. The summed E-state index contributed by atoms with van der Waals surface area (Å²) < 4.78 is 12.6. The SMILES string of the molecule is CC(CCSC#N)c1ccc(F)cc1. The first-order valence-corrected chi connectivity index (χ1v) is 5.49. The van der Waals surface area contributed by atoms with E-state index in [4.69, 9.17) is 5.26 Å². The zero-order valence-electron chi connectivity index (χ0n) is 8.03. The van der Waals surface area contributed by atoms with E-state index in [9.17, 15) is 4.39 Å². The van der Waals surface area contributed by atoms with Gasteiger partial charge in [-0.3, -0.25) is 0 Å². The molecule has 0 bridgehead atoms. The van der Waals surface area contributed by atoms with Crippen LogP contribution in [-0.4, -0.2) is 5.75 Å². The van der Waals surface area contributed by atoms with E-state index in [0.29, 0.717) is 5.92 Å². The predicted molar refractivity (Wildman–Crippen MR) is 57.5 cm³/mol. The number of hydrogen-bond donors (Lipinski definition) is 0. The summed E-state index contributed by atoms with van der Waals surface area (Å²) in [6.45, 7) is 2.09. The minimum atomic E-state index is -0.202. The first kappa shape index (κ1) is 11.1. The van der Waals surface area contributed by atoms with E-state index in [1.807, 2.05) is 5.40 Å². The van der Waals surface area contributed by atoms with Gasteiger partial charge in [0.2, 0.25) is 0 Å². The molecule has 14 heavy (non-hydrogen) atoms. The summed E-state index contributed by atoms with van der Waals surface area (Å²) in [4.78, 5) is 0. The van der Waals surface area contributed by atoms with Gasteiger partial charge in [0.15, 0.2) is 0 Å². The maximum atomic E-state index is 12.6. The standard InChI is InChI=1S/C11H12FNS/c1-9(6-7-14-8-13)10-2-4-11(12)5-3-10/h2-5,9H,6-7H2,1H3. The molecule has 0 radical (unpaired) electrons. The van der Waals surface area contributed by atoms with E-state index in [0.717, 1.165) is 17.7 Å². The molecule has 1 unspecified atom stereocenters. The molecule has 0 aromatic heterocycles. The number of hydrogen-bond acceptors (Lipinski definition) is 2. The molecule has 74 valence electrons. The van der Waals surface area contributed by atoms with Gasteiger partial charge < -0.3 is 0 Å². The smallest absolute Gasteiger partial charge is 0.133 e. The van der Waals surface area contributed by atoms with Crippen LogP contribution in [-0.2, 0) is 0 Å². The Balaban J connectivity index is 2.48. The number of halogens is 1. The van der Waals surface area contributed by atoms with Crippen molar-refractivity contribution in [3.05, 3.63) is 35.6 Å². The highest BCUT2D eigenvalue weighted by Crippen LogP contribution is 2.20. The van der Waals surface area contributed by atoms with Crippen molar-refractivity contribution in [3.63, 3.8) is 0 Å². The van der Waals surface area contributed by atoms with E-state index in [1.54, 1.807) is 12.1 Å². The molecule has 0 aliphatic rings. The Bertz CT molecular complexity index is 315. The normalized spacial score (nSPS) is 12.1. The Morgan fingerprint density at radius 2 is 2.07 bits per heavy atom. The zero-order chi connectivity index (χ0) is 10.4. The molecule has 0 amide bonds. The van der Waals surface area contributed by atoms with E-state index in [2.05, 4.69) is 6.92 Å². The quantitative estimate of drug-likeness (QED) is 0.559. The van der Waals surface area contributed by atoms with E-state index >= 15 is 0 Å². The van der Waals surface area contributed by atoms with Gasteiger partial charge in [0.25, 0.3) is 0 Å². The van der Waals surface area contributed by atoms with Crippen LogP contribution < -0.4 is 0 Å². The number of thioether (sulfide) groups is 1. The number of benzene rings is 1. The van der Waals surface area contributed by atoms with E-state index in [1.165, 1.54) is 23.9 Å². The predicted octanol–water partition coefficient (Wildman–Crippen LogP) is 3.53. The number of nitrogens with zero attached hydrogens (tertiary/aromatic N) is 1. The fourth-order valence-corrected chi connectivity index (χ4v) is 1.80. The molecule has 0 saturated carbocycles. The van der Waals surface area contributed by atoms with Gasteiger partial charge in [0.05, 0.1) is 0 Å². The number of rotatable bonds is 4. The molecule has 0 N–H and O–H groups in total. The fourth-order valence-electron chi connectivity index (χ4n) is 1.24. The second kappa shape index (κ2) is 5.66. The summed E-state index contributed by atoms with van der Waals surface area (Å²) in [5, 5.41) is 10.4. The lowest BCUT2D eigenvalue weighted by Crippen LogP contribution is -1.95. The topological polar surface area (TPSA) is 23.8 Å². The Hall–Kier alpha value is -1.01. The molecule has 3 heteroatoms. The first-order valence-electron chi connectivity index (χ1n) is 4.50. The molecule has 1 rings (SSSR count). The lowest BCUT2D eigenvalue weighted by molar-refractivity contribution is 0.625. The minimum absolute atomic E-state index is 0.202. The van der Waals surface area contributed by atoms with Gasteiger partial charge in [-0.25, -0.2) is 4.39 Å². The summed E-state index contributed by atoms with van der Waals surface area (Å²) in [7, 11) is 0. The van der Waals surface area contributed by atoms with Crippen molar-refractivity contribution in [1.29, 1.82) is 5.26 Å². The highest BCUT2D eigenvalue weighted by atomic mass is 32.2. The van der Waals surface area contributed by atoms with Crippen molar-refractivity contribution in [2.45, 2.75) is 19.3 Å². The molecule has 1 atom stereocenters. The van der Waals surface area contributed by atoms with Gasteiger partial charge in [0, 0.05) is 5.75 Å². The van der Waals surface area contributed by atoms with Crippen LogP contribution in [0.1, 0.15) is 24.8 Å². The van der Waals surface area contributed by atoms with Crippen molar-refractivity contribution in [2.24, 2.45) is 0 Å². The van der Waals surface area contributed by atoms with Crippen molar-refractivity contribution in [3.8, 4) is 5.40 Å². The Labute approximate surface area is 87.9 Å². The van der Waals surface area contributed by atoms with Crippen molar-refractivity contribution >= 4 is 11.8 Å². The third-order valence-corrected chi connectivity index (χ3v) is 2.73. The lowest BCUT2D eigenvalue weighted by Gasteiger charge is -2.09. The third kappa shape index (κ3) is 3.39. The highest BCUT2D eigenvalue weighted by Gasteiger charge is 2.04. The Morgan fingerprint density at radius 3 is 2.64 bits per heavy atom. The molecule has 0 fully saturated rings. The summed E-state index contributed by atoms with van der Waals surface area (Å²) >= 11 is 1.27. The number of nitriles is 1. The summed E-state index contributed by atoms with van der Waals surface area (Å²) in [5.74, 6) is 1.01. The number of thiocyanates is 1. The zero-order valence-corrected chi connectivity index (χ0v) is 8.85. The van der Waals surface area contributed by atoms with E-state index in [-0.39, 0.29) is 5.82 Å². The van der Waals surface area contributed by atoms with Crippen LogP contribution >= 0.6 is 11.8 Å². The monoisotopic (exact) mass is 209 g/mol. The molecule has 0 spiro atoms. The third-order valence-electron chi connectivity index (χ3n) is 2.16. The van der Waals surface area contributed by atoms with Crippen LogP contribution in [0, 0.1) is 16.5 Å². The lowest BCUT2D eigenvalue weighted by atomic mass is 9.99. The van der Waals surface area contributed by atoms with E-state index < -0.39 is 0 Å². The van der Waals surface area contributed by atoms with Crippen LogP contribution in [0.5, 0.6) is 0 Å². The van der Waals surface area contributed by atoms with Crippen molar-refractivity contribution in [2.75, 3.05) is 5.75 Å². The second-order valence-electron chi connectivity index (χ2n) is 3.18. The van der Waals surface area contributed by atoms with Crippen molar-refractivity contribution in [1.82, 2.24) is 0 Å². The largest absolute Gasteiger partial charge is 0.207 e. The molecule has 0 aliphatic carbocycles. The molecule has 0 heterocycles. The molecule has 1 nitrogen and oxygen atoms in total. The van der Waals surface area contributed by atoms with Gasteiger partial charge in [-0.2, -0.15) is 5.26 Å². The van der Waals surface area contributed by atoms with Crippen LogP contribution in [0.25, 0.3) is 0 Å². The molecule has 0 saturated heterocycles. The summed E-state index contributed by atoms with van der Waals surface area (Å²) in [5.41, 5.74) is 1.13. The average molecular weight is 209 g/mol. The highest BCUT2D eigenvalue weighted by molar-refractivity contribution is 8.03. The van der Waals surface area contributed by atoms with Gasteiger partial charge >= 0.3 is 0 Å². The fraction of sp³-hybridized carbons (Fsp3) is 0.364. The average Bonchev–Trinajstić information content (AvgIpc) is 2.19. The summed E-state index contributed by atoms with van der Waals surface area (Å²) in [6.07, 6.45) is 0.948. The van der Waals surface area contributed by atoms with Crippen LogP contribution in [0.2, 0.25) is 0 Å². The summed E-state index contributed by atoms with van der Waals surface area (Å²) in [6, 6.07) is 6.56.